The number of hydrogen-bond acceptors (Lipinski definition) is 5. The third-order valence-corrected chi connectivity index (χ3v) is 3.89. The summed E-state index contributed by atoms with van der Waals surface area (Å²) in [5.41, 5.74) is 6.37. The second-order valence-electron chi connectivity index (χ2n) is 6.70. The number of piperidine rings is 1. The first-order valence-electron chi connectivity index (χ1n) is 7.67. The number of amides is 1. The summed E-state index contributed by atoms with van der Waals surface area (Å²) < 4.78 is 0. The minimum Gasteiger partial charge on any atom is -0.368 e. The predicted octanol–water partition coefficient (Wildman–Crippen LogP) is 2.02. The highest BCUT2D eigenvalue weighted by Gasteiger charge is 2.34. The summed E-state index contributed by atoms with van der Waals surface area (Å²) in [6.45, 7) is 7.15. The Morgan fingerprint density at radius 2 is 2.27 bits per heavy atom. The highest BCUT2D eigenvalue weighted by atomic mass is 16.2. The van der Waals surface area contributed by atoms with Crippen molar-refractivity contribution in [1.82, 2.24) is 14.9 Å². The third kappa shape index (κ3) is 3.73. The van der Waals surface area contributed by atoms with Crippen LogP contribution in [0.4, 0.5) is 5.95 Å². The van der Waals surface area contributed by atoms with Gasteiger partial charge in [-0.1, -0.05) is 13.8 Å². The molecule has 0 saturated carbocycles. The molecule has 1 aromatic rings. The van der Waals surface area contributed by atoms with E-state index in [1.54, 1.807) is 11.0 Å². The molecule has 1 aliphatic rings. The van der Waals surface area contributed by atoms with Crippen LogP contribution in [0.2, 0.25) is 0 Å². The smallest absolute Gasteiger partial charge is 0.272 e. The maximum atomic E-state index is 12.7. The summed E-state index contributed by atoms with van der Waals surface area (Å²) >= 11 is 0. The molecule has 6 heteroatoms. The Bertz CT molecular complexity index is 607. The average molecular weight is 301 g/mol. The van der Waals surface area contributed by atoms with Gasteiger partial charge in [-0.3, -0.25) is 4.79 Å². The number of nitrogen functional groups attached to an aromatic ring is 1. The Morgan fingerprint density at radius 3 is 2.91 bits per heavy atom. The predicted molar refractivity (Wildman–Crippen MR) is 83.8 cm³/mol. The van der Waals surface area contributed by atoms with E-state index in [2.05, 4.69) is 29.9 Å². The van der Waals surface area contributed by atoms with E-state index in [4.69, 9.17) is 5.73 Å². The third-order valence-electron chi connectivity index (χ3n) is 3.89. The largest absolute Gasteiger partial charge is 0.368 e. The number of carbonyl (C=O) groups is 1. The number of carbonyl (C=O) groups excluding carboxylic acids is 1. The van der Waals surface area contributed by atoms with Crippen LogP contribution in [-0.4, -0.2) is 33.9 Å². The first-order valence-corrected chi connectivity index (χ1v) is 7.67. The normalized spacial score (nSPS) is 21.7. The van der Waals surface area contributed by atoms with Gasteiger partial charge in [0.2, 0.25) is 5.95 Å². The van der Waals surface area contributed by atoms with E-state index in [1.807, 2.05) is 6.92 Å². The number of aromatic nitrogens is 2. The minimum absolute atomic E-state index is 0.126. The summed E-state index contributed by atoms with van der Waals surface area (Å²) in [5.74, 6) is 0.385. The molecule has 1 amide bonds. The van der Waals surface area contributed by atoms with Gasteiger partial charge in [-0.2, -0.15) is 5.26 Å². The molecule has 0 aromatic carbocycles. The number of hydrogen-bond donors (Lipinski definition) is 1. The zero-order chi connectivity index (χ0) is 16.3. The first kappa shape index (κ1) is 16.2. The maximum Gasteiger partial charge on any atom is 0.272 e. The lowest BCUT2D eigenvalue weighted by molar-refractivity contribution is 0.0624. The molecular weight excluding hydrogens is 278 g/mol. The van der Waals surface area contributed by atoms with Crippen molar-refractivity contribution in [2.45, 2.75) is 40.0 Å². The summed E-state index contributed by atoms with van der Waals surface area (Å²) in [7, 11) is 0. The molecule has 1 fully saturated rings. The van der Waals surface area contributed by atoms with Gasteiger partial charge in [0.05, 0.1) is 11.5 Å². The lowest BCUT2D eigenvalue weighted by Crippen LogP contribution is -2.44. The van der Waals surface area contributed by atoms with E-state index < -0.39 is 5.41 Å². The van der Waals surface area contributed by atoms with E-state index in [0.717, 1.165) is 25.0 Å². The molecule has 118 valence electrons. The van der Waals surface area contributed by atoms with E-state index >= 15 is 0 Å². The first-order chi connectivity index (χ1) is 10.3. The molecule has 22 heavy (non-hydrogen) atoms. The Kier molecular flexibility index (Phi) is 4.65. The molecule has 1 aliphatic heterocycles. The van der Waals surface area contributed by atoms with Gasteiger partial charge >= 0.3 is 0 Å². The van der Waals surface area contributed by atoms with Gasteiger partial charge in [-0.05, 0) is 38.2 Å². The van der Waals surface area contributed by atoms with Crippen molar-refractivity contribution in [1.29, 1.82) is 5.26 Å². The van der Waals surface area contributed by atoms with Gasteiger partial charge < -0.3 is 10.6 Å². The second-order valence-corrected chi connectivity index (χ2v) is 6.70. The van der Waals surface area contributed by atoms with Gasteiger partial charge in [0.15, 0.2) is 0 Å². The Labute approximate surface area is 131 Å². The number of rotatable bonds is 3. The molecular formula is C16H23N5O. The minimum atomic E-state index is -0.479. The highest BCUT2D eigenvalue weighted by Crippen LogP contribution is 2.29. The van der Waals surface area contributed by atoms with Crippen LogP contribution < -0.4 is 5.73 Å². The highest BCUT2D eigenvalue weighted by molar-refractivity contribution is 5.92. The molecule has 6 nitrogen and oxygen atoms in total. The van der Waals surface area contributed by atoms with E-state index in [0.29, 0.717) is 24.7 Å². The maximum absolute atomic E-state index is 12.7. The number of nitriles is 1. The molecule has 0 bridgehead atoms. The van der Waals surface area contributed by atoms with E-state index in [-0.39, 0.29) is 11.9 Å². The Hall–Kier alpha value is -2.16. The molecule has 2 N–H and O–H groups in total. The Morgan fingerprint density at radius 1 is 1.55 bits per heavy atom. The molecule has 0 spiro atoms. The zero-order valence-electron chi connectivity index (χ0n) is 13.5. The monoisotopic (exact) mass is 301 g/mol. The van der Waals surface area contributed by atoms with Gasteiger partial charge in [0, 0.05) is 18.8 Å². The summed E-state index contributed by atoms with van der Waals surface area (Å²) in [6, 6.07) is 4.03. The fraction of sp³-hybridized carbons (Fsp3) is 0.625. The van der Waals surface area contributed by atoms with Gasteiger partial charge in [0.25, 0.3) is 5.91 Å². The van der Waals surface area contributed by atoms with Gasteiger partial charge in [0.1, 0.15) is 5.69 Å². The van der Waals surface area contributed by atoms with Crippen LogP contribution in [0, 0.1) is 22.7 Å². The second kappa shape index (κ2) is 6.30. The lowest BCUT2D eigenvalue weighted by atomic mass is 9.83. The molecule has 1 aromatic heterocycles. The number of nitrogens with two attached hydrogens (primary N) is 1. The zero-order valence-corrected chi connectivity index (χ0v) is 13.5. The van der Waals surface area contributed by atoms with Crippen molar-refractivity contribution in [3.63, 3.8) is 0 Å². The van der Waals surface area contributed by atoms with Crippen molar-refractivity contribution >= 4 is 11.9 Å². The fourth-order valence-electron chi connectivity index (χ4n) is 2.82. The SMILES string of the molecule is CC(C)Cc1cc(C(=O)N2CCC[C@](C)(C#N)C2)nc(N)n1. The van der Waals surface area contributed by atoms with E-state index in [1.165, 1.54) is 0 Å². The van der Waals surface area contributed by atoms with Crippen LogP contribution in [0.25, 0.3) is 0 Å². The van der Waals surface area contributed by atoms with Crippen molar-refractivity contribution < 1.29 is 4.79 Å². The van der Waals surface area contributed by atoms with Gasteiger partial charge in [-0.25, -0.2) is 9.97 Å². The number of likely N-dealkylation sites (tertiary alicyclic amines) is 1. The quantitative estimate of drug-likeness (QED) is 0.921. The van der Waals surface area contributed by atoms with Crippen molar-refractivity contribution in [2.75, 3.05) is 18.8 Å². The summed E-state index contributed by atoms with van der Waals surface area (Å²) in [6.07, 6.45) is 2.40. The van der Waals surface area contributed by atoms with E-state index in [9.17, 15) is 10.1 Å². The van der Waals surface area contributed by atoms with Crippen LogP contribution in [0.5, 0.6) is 0 Å². The van der Waals surface area contributed by atoms with Crippen LogP contribution in [0.1, 0.15) is 49.8 Å². The molecule has 2 rings (SSSR count). The fourth-order valence-corrected chi connectivity index (χ4v) is 2.82. The van der Waals surface area contributed by atoms with Crippen molar-refractivity contribution in [3.05, 3.63) is 17.5 Å². The molecule has 1 saturated heterocycles. The molecule has 0 unspecified atom stereocenters. The lowest BCUT2D eigenvalue weighted by Gasteiger charge is -2.35. The Balaban J connectivity index is 2.22. The molecule has 0 radical (unpaired) electrons. The standard InChI is InChI=1S/C16H23N5O/c1-11(2)7-12-8-13(20-15(18)19-12)14(22)21-6-4-5-16(3,9-17)10-21/h8,11H,4-7,10H2,1-3H3,(H2,18,19,20)/t16-/m1/s1. The topological polar surface area (TPSA) is 95.9 Å². The summed E-state index contributed by atoms with van der Waals surface area (Å²) in [4.78, 5) is 22.6. The van der Waals surface area contributed by atoms with Crippen LogP contribution in [-0.2, 0) is 6.42 Å². The molecule has 2 heterocycles. The molecule has 1 atom stereocenters. The van der Waals surface area contributed by atoms with Crippen LogP contribution in [0.15, 0.2) is 6.07 Å². The van der Waals surface area contributed by atoms with Crippen LogP contribution in [0.3, 0.4) is 0 Å². The van der Waals surface area contributed by atoms with Gasteiger partial charge in [-0.15, -0.1) is 0 Å². The van der Waals surface area contributed by atoms with Crippen molar-refractivity contribution in [3.8, 4) is 6.07 Å². The summed E-state index contributed by atoms with van der Waals surface area (Å²) in [5, 5.41) is 9.27. The molecule has 0 aliphatic carbocycles. The van der Waals surface area contributed by atoms with Crippen LogP contribution >= 0.6 is 0 Å². The number of anilines is 1. The number of nitrogens with zero attached hydrogens (tertiary/aromatic N) is 4. The van der Waals surface area contributed by atoms with Crippen molar-refractivity contribution in [2.24, 2.45) is 11.3 Å². The average Bonchev–Trinajstić information content (AvgIpc) is 2.45.